The first-order valence-corrected chi connectivity index (χ1v) is 4.14. The van der Waals surface area contributed by atoms with Gasteiger partial charge in [0, 0.05) is 11.1 Å². The molecule has 1 aromatic carbocycles. The molecule has 2 heteroatoms. The third-order valence-corrected chi connectivity index (χ3v) is 1.88. The zero-order valence-corrected chi connectivity index (χ0v) is 7.16. The Hall–Kier alpha value is -1.75. The van der Waals surface area contributed by atoms with Crippen molar-refractivity contribution in [3.05, 3.63) is 35.4 Å². The van der Waals surface area contributed by atoms with Crippen LogP contribution in [0.3, 0.4) is 0 Å². The van der Waals surface area contributed by atoms with Gasteiger partial charge in [0.2, 0.25) is 5.90 Å². The lowest BCUT2D eigenvalue weighted by Gasteiger charge is -2.00. The second-order valence-corrected chi connectivity index (χ2v) is 2.76. The number of benzene rings is 1. The second-order valence-electron chi connectivity index (χ2n) is 2.76. The molecule has 2 rings (SSSR count). The lowest BCUT2D eigenvalue weighted by Crippen LogP contribution is -2.00. The van der Waals surface area contributed by atoms with Crippen molar-refractivity contribution in [1.29, 1.82) is 0 Å². The van der Waals surface area contributed by atoms with Crippen LogP contribution in [0.2, 0.25) is 0 Å². The maximum absolute atomic E-state index is 5.31. The molecule has 1 aliphatic heterocycles. The largest absolute Gasteiger partial charge is 0.476 e. The molecular weight excluding hydrogens is 162 g/mol. The summed E-state index contributed by atoms with van der Waals surface area (Å²) >= 11 is 0. The normalized spacial score (nSPS) is 14.5. The summed E-state index contributed by atoms with van der Waals surface area (Å²) in [4.78, 5) is 4.20. The van der Waals surface area contributed by atoms with E-state index in [1.807, 2.05) is 24.3 Å². The van der Waals surface area contributed by atoms with Gasteiger partial charge in [-0.25, -0.2) is 4.99 Å². The average molecular weight is 171 g/mol. The Morgan fingerprint density at radius 3 is 2.62 bits per heavy atom. The van der Waals surface area contributed by atoms with Gasteiger partial charge in [-0.1, -0.05) is 5.92 Å². The number of ether oxygens (including phenoxy) is 1. The number of terminal acetylenes is 1. The van der Waals surface area contributed by atoms with E-state index in [1.165, 1.54) is 0 Å². The van der Waals surface area contributed by atoms with Crippen LogP contribution in [0.4, 0.5) is 0 Å². The van der Waals surface area contributed by atoms with Gasteiger partial charge in [0.25, 0.3) is 0 Å². The quantitative estimate of drug-likeness (QED) is 0.586. The topological polar surface area (TPSA) is 21.6 Å². The predicted octanol–water partition coefficient (Wildman–Crippen LogP) is 1.44. The van der Waals surface area contributed by atoms with Crippen molar-refractivity contribution >= 4 is 5.90 Å². The third kappa shape index (κ3) is 1.54. The van der Waals surface area contributed by atoms with E-state index in [0.717, 1.165) is 23.6 Å². The summed E-state index contributed by atoms with van der Waals surface area (Å²) in [6.45, 7) is 1.44. The summed E-state index contributed by atoms with van der Waals surface area (Å²) in [5.74, 6) is 3.29. The van der Waals surface area contributed by atoms with Crippen molar-refractivity contribution in [2.75, 3.05) is 13.2 Å². The molecule has 1 aliphatic rings. The van der Waals surface area contributed by atoms with E-state index in [9.17, 15) is 0 Å². The predicted molar refractivity (Wildman–Crippen MR) is 51.7 cm³/mol. The molecule has 1 aromatic rings. The standard InChI is InChI=1S/C11H9NO/c1-2-9-3-5-10(6-4-9)11-12-7-8-13-11/h1,3-6H,7-8H2. The van der Waals surface area contributed by atoms with Crippen LogP contribution in [-0.2, 0) is 4.74 Å². The number of hydrogen-bond acceptors (Lipinski definition) is 2. The molecule has 0 fully saturated rings. The zero-order chi connectivity index (χ0) is 9.10. The fourth-order valence-electron chi connectivity index (χ4n) is 1.22. The van der Waals surface area contributed by atoms with Crippen LogP contribution >= 0.6 is 0 Å². The lowest BCUT2D eigenvalue weighted by atomic mass is 10.1. The highest BCUT2D eigenvalue weighted by Gasteiger charge is 2.08. The highest BCUT2D eigenvalue weighted by Crippen LogP contribution is 2.08. The SMILES string of the molecule is C#Cc1ccc(C2=NCCO2)cc1. The summed E-state index contributed by atoms with van der Waals surface area (Å²) in [5.41, 5.74) is 1.87. The smallest absolute Gasteiger partial charge is 0.216 e. The molecule has 1 heterocycles. The molecule has 64 valence electrons. The van der Waals surface area contributed by atoms with Crippen LogP contribution in [0.25, 0.3) is 0 Å². The van der Waals surface area contributed by atoms with Gasteiger partial charge >= 0.3 is 0 Å². The maximum Gasteiger partial charge on any atom is 0.216 e. The number of aliphatic imine (C=N–C) groups is 1. The van der Waals surface area contributed by atoms with Gasteiger partial charge in [0.1, 0.15) is 6.61 Å². The Morgan fingerprint density at radius 2 is 2.08 bits per heavy atom. The Bertz CT molecular complexity index is 370. The highest BCUT2D eigenvalue weighted by atomic mass is 16.5. The van der Waals surface area contributed by atoms with Crippen molar-refractivity contribution in [3.8, 4) is 12.3 Å². The van der Waals surface area contributed by atoms with Gasteiger partial charge in [0.05, 0.1) is 6.54 Å². The van der Waals surface area contributed by atoms with E-state index >= 15 is 0 Å². The summed E-state index contributed by atoms with van der Waals surface area (Å²) in [6.07, 6.45) is 5.24. The number of rotatable bonds is 1. The molecule has 0 aromatic heterocycles. The summed E-state index contributed by atoms with van der Waals surface area (Å²) in [7, 11) is 0. The van der Waals surface area contributed by atoms with Crippen molar-refractivity contribution in [2.45, 2.75) is 0 Å². The molecule has 0 N–H and O–H groups in total. The minimum atomic E-state index is 0.687. The summed E-state index contributed by atoms with van der Waals surface area (Å²) in [5, 5.41) is 0. The maximum atomic E-state index is 5.31. The van der Waals surface area contributed by atoms with Crippen molar-refractivity contribution in [2.24, 2.45) is 4.99 Å². The average Bonchev–Trinajstić information content (AvgIpc) is 2.71. The van der Waals surface area contributed by atoms with E-state index < -0.39 is 0 Å². The molecule has 0 spiro atoms. The Balaban J connectivity index is 2.28. The molecule has 0 radical (unpaired) electrons. The third-order valence-electron chi connectivity index (χ3n) is 1.88. The molecular formula is C11H9NO. The molecule has 0 saturated carbocycles. The number of nitrogens with zero attached hydrogens (tertiary/aromatic N) is 1. The van der Waals surface area contributed by atoms with Crippen LogP contribution in [0.1, 0.15) is 11.1 Å². The fourth-order valence-corrected chi connectivity index (χ4v) is 1.22. The van der Waals surface area contributed by atoms with E-state index in [2.05, 4.69) is 10.9 Å². The minimum absolute atomic E-state index is 0.687. The van der Waals surface area contributed by atoms with E-state index in [0.29, 0.717) is 6.61 Å². The van der Waals surface area contributed by atoms with Crippen LogP contribution < -0.4 is 0 Å². The summed E-state index contributed by atoms with van der Waals surface area (Å²) < 4.78 is 5.31. The first-order valence-electron chi connectivity index (χ1n) is 4.14. The van der Waals surface area contributed by atoms with Gasteiger partial charge in [-0.3, -0.25) is 0 Å². The molecule has 0 saturated heterocycles. The lowest BCUT2D eigenvalue weighted by molar-refractivity contribution is 0.348. The Morgan fingerprint density at radius 1 is 1.31 bits per heavy atom. The van der Waals surface area contributed by atoms with Crippen molar-refractivity contribution < 1.29 is 4.74 Å². The van der Waals surface area contributed by atoms with Crippen molar-refractivity contribution in [3.63, 3.8) is 0 Å². The van der Waals surface area contributed by atoms with E-state index in [4.69, 9.17) is 11.2 Å². The van der Waals surface area contributed by atoms with E-state index in [-0.39, 0.29) is 0 Å². The van der Waals surface area contributed by atoms with Gasteiger partial charge in [0.15, 0.2) is 0 Å². The van der Waals surface area contributed by atoms with Crippen LogP contribution in [0, 0.1) is 12.3 Å². The molecule has 0 atom stereocenters. The summed E-state index contributed by atoms with van der Waals surface area (Å²) in [6, 6.07) is 7.64. The molecule has 0 amide bonds. The zero-order valence-electron chi connectivity index (χ0n) is 7.16. The Labute approximate surface area is 77.3 Å². The van der Waals surface area contributed by atoms with Gasteiger partial charge in [-0.05, 0) is 24.3 Å². The first kappa shape index (κ1) is 7.88. The molecule has 13 heavy (non-hydrogen) atoms. The van der Waals surface area contributed by atoms with Gasteiger partial charge in [-0.15, -0.1) is 6.42 Å². The highest BCUT2D eigenvalue weighted by molar-refractivity contribution is 5.94. The molecule has 0 unspecified atom stereocenters. The minimum Gasteiger partial charge on any atom is -0.476 e. The van der Waals surface area contributed by atoms with Crippen LogP contribution in [0.15, 0.2) is 29.3 Å². The molecule has 0 bridgehead atoms. The first-order chi connectivity index (χ1) is 6.40. The van der Waals surface area contributed by atoms with Gasteiger partial charge < -0.3 is 4.74 Å². The van der Waals surface area contributed by atoms with Crippen LogP contribution in [0.5, 0.6) is 0 Å². The van der Waals surface area contributed by atoms with Gasteiger partial charge in [-0.2, -0.15) is 0 Å². The van der Waals surface area contributed by atoms with E-state index in [1.54, 1.807) is 0 Å². The fraction of sp³-hybridized carbons (Fsp3) is 0.182. The second kappa shape index (κ2) is 3.32. The monoisotopic (exact) mass is 171 g/mol. The number of hydrogen-bond donors (Lipinski definition) is 0. The van der Waals surface area contributed by atoms with Crippen LogP contribution in [-0.4, -0.2) is 19.0 Å². The van der Waals surface area contributed by atoms with Crippen molar-refractivity contribution in [1.82, 2.24) is 0 Å². The molecule has 0 aliphatic carbocycles. The molecule has 2 nitrogen and oxygen atoms in total. The Kier molecular flexibility index (Phi) is 2.01.